The molecule has 2 aliphatic rings. The molecule has 2 fully saturated rings. The zero-order valence-corrected chi connectivity index (χ0v) is 19.1. The lowest BCUT2D eigenvalue weighted by molar-refractivity contribution is 0.248. The molecule has 2 saturated carbocycles. The first kappa shape index (κ1) is 21.4. The zero-order chi connectivity index (χ0) is 22.8. The molecule has 0 radical (unpaired) electrons. The monoisotopic (exact) mass is 442 g/mol. The average Bonchev–Trinajstić information content (AvgIpc) is 3.39. The Morgan fingerprint density at radius 3 is 2.48 bits per heavy atom. The summed E-state index contributed by atoms with van der Waals surface area (Å²) in [4.78, 5) is 12.3. The zero-order valence-electron chi connectivity index (χ0n) is 19.1. The van der Waals surface area contributed by atoms with Crippen molar-refractivity contribution in [1.29, 1.82) is 5.26 Å². The summed E-state index contributed by atoms with van der Waals surface area (Å²) in [7, 11) is 0. The lowest BCUT2D eigenvalue weighted by Gasteiger charge is -2.30. The van der Waals surface area contributed by atoms with Crippen molar-refractivity contribution in [2.24, 2.45) is 0 Å². The normalized spacial score (nSPS) is 16.4. The fraction of sp³-hybridized carbons (Fsp3) is 0.407. The quantitative estimate of drug-likeness (QED) is 0.466. The van der Waals surface area contributed by atoms with Crippen molar-refractivity contribution in [3.05, 3.63) is 48.0 Å². The van der Waals surface area contributed by atoms with Crippen molar-refractivity contribution in [2.45, 2.75) is 64.0 Å². The van der Waals surface area contributed by atoms with Crippen molar-refractivity contribution in [3.8, 4) is 23.1 Å². The van der Waals surface area contributed by atoms with Crippen LogP contribution in [0.1, 0.15) is 63.5 Å². The number of urea groups is 1. The summed E-state index contributed by atoms with van der Waals surface area (Å²) in [5.74, 6) is 0.784. The Bertz CT molecular complexity index is 1200. The van der Waals surface area contributed by atoms with Gasteiger partial charge in [0.25, 0.3) is 0 Å². The summed E-state index contributed by atoms with van der Waals surface area (Å²) < 4.78 is 8.04. The molecule has 2 aromatic carbocycles. The first-order valence-corrected chi connectivity index (χ1v) is 12.1. The molecule has 5 rings (SSSR count). The molecule has 0 spiro atoms. The van der Waals surface area contributed by atoms with Gasteiger partial charge in [0.1, 0.15) is 11.8 Å². The minimum atomic E-state index is -0.153. The third-order valence-electron chi connectivity index (χ3n) is 6.94. The molecule has 0 atom stereocenters. The predicted octanol–water partition coefficient (Wildman–Crippen LogP) is 6.37. The van der Waals surface area contributed by atoms with Crippen LogP contribution in [0, 0.1) is 11.3 Å². The van der Waals surface area contributed by atoms with E-state index < -0.39 is 0 Å². The summed E-state index contributed by atoms with van der Waals surface area (Å²) >= 11 is 0. The average molecular weight is 443 g/mol. The van der Waals surface area contributed by atoms with Crippen LogP contribution >= 0.6 is 0 Å². The summed E-state index contributed by atoms with van der Waals surface area (Å²) in [6.07, 6.45) is 7.93. The van der Waals surface area contributed by atoms with E-state index in [1.165, 1.54) is 19.3 Å². The number of carbonyl (C=O) groups is 1. The maximum absolute atomic E-state index is 12.3. The summed E-state index contributed by atoms with van der Waals surface area (Å²) in [5.41, 5.74) is 4.44. The van der Waals surface area contributed by atoms with E-state index in [9.17, 15) is 10.1 Å². The maximum Gasteiger partial charge on any atom is 0.319 e. The van der Waals surface area contributed by atoms with E-state index in [1.807, 2.05) is 43.3 Å². The lowest BCUT2D eigenvalue weighted by atomic mass is 9.92. The number of benzene rings is 2. The number of hydrogen-bond donors (Lipinski definition) is 2. The Morgan fingerprint density at radius 1 is 1.09 bits per heavy atom. The molecule has 0 saturated heterocycles. The van der Waals surface area contributed by atoms with Gasteiger partial charge in [-0.25, -0.2) is 4.79 Å². The molecule has 0 aliphatic heterocycles. The third-order valence-corrected chi connectivity index (χ3v) is 6.94. The van der Waals surface area contributed by atoms with Gasteiger partial charge < -0.3 is 19.9 Å². The largest absolute Gasteiger partial charge is 0.494 e. The number of rotatable bonds is 6. The van der Waals surface area contributed by atoms with E-state index in [-0.39, 0.29) is 12.1 Å². The number of carbonyl (C=O) groups excluding carboxylic acids is 1. The van der Waals surface area contributed by atoms with Crippen molar-refractivity contribution < 1.29 is 9.53 Å². The molecular weight excluding hydrogens is 412 g/mol. The van der Waals surface area contributed by atoms with E-state index in [1.54, 1.807) is 0 Å². The van der Waals surface area contributed by atoms with Crippen molar-refractivity contribution in [1.82, 2.24) is 9.88 Å². The topological polar surface area (TPSA) is 79.1 Å². The van der Waals surface area contributed by atoms with Crippen LogP contribution in [-0.4, -0.2) is 23.2 Å². The number of ether oxygens (including phenoxy) is 1. The highest BCUT2D eigenvalue weighted by Crippen LogP contribution is 2.43. The first-order valence-electron chi connectivity index (χ1n) is 12.1. The molecule has 1 heterocycles. The molecule has 0 unspecified atom stereocenters. The van der Waals surface area contributed by atoms with E-state index in [2.05, 4.69) is 27.3 Å². The van der Waals surface area contributed by atoms with Crippen LogP contribution in [0.25, 0.3) is 22.2 Å². The standard InChI is InChI=1S/C27H30N4O2/c1-2-33-22-14-15-25-23(16-22)24(17-28)26(31(25)21-8-5-9-21)18-10-12-20(13-11-18)30-27(32)29-19-6-3-4-7-19/h10-16,19,21H,2-9H2,1H3,(H2,29,30,32). The van der Waals surface area contributed by atoms with Crippen molar-refractivity contribution >= 4 is 22.6 Å². The fourth-order valence-corrected chi connectivity index (χ4v) is 5.11. The maximum atomic E-state index is 12.3. The van der Waals surface area contributed by atoms with Gasteiger partial charge in [-0.2, -0.15) is 5.26 Å². The van der Waals surface area contributed by atoms with Gasteiger partial charge in [-0.3, -0.25) is 0 Å². The minimum absolute atomic E-state index is 0.153. The Morgan fingerprint density at radius 2 is 1.85 bits per heavy atom. The van der Waals surface area contributed by atoms with E-state index in [0.717, 1.165) is 59.3 Å². The predicted molar refractivity (Wildman–Crippen MR) is 131 cm³/mol. The van der Waals surface area contributed by atoms with Gasteiger partial charge in [-0.15, -0.1) is 0 Å². The molecule has 2 aliphatic carbocycles. The van der Waals surface area contributed by atoms with Gasteiger partial charge in [-0.05, 0) is 74.9 Å². The summed E-state index contributed by atoms with van der Waals surface area (Å²) in [5, 5.41) is 17.1. The number of nitriles is 1. The van der Waals surface area contributed by atoms with Crippen LogP contribution in [-0.2, 0) is 0 Å². The smallest absolute Gasteiger partial charge is 0.319 e. The second kappa shape index (κ2) is 9.19. The second-order valence-corrected chi connectivity index (χ2v) is 9.06. The van der Waals surface area contributed by atoms with Gasteiger partial charge in [0.05, 0.1) is 23.4 Å². The lowest BCUT2D eigenvalue weighted by Crippen LogP contribution is -2.36. The molecule has 6 nitrogen and oxygen atoms in total. The van der Waals surface area contributed by atoms with E-state index >= 15 is 0 Å². The number of nitrogens with zero attached hydrogens (tertiary/aromatic N) is 2. The van der Waals surface area contributed by atoms with Crippen LogP contribution < -0.4 is 15.4 Å². The molecule has 3 aromatic rings. The van der Waals surface area contributed by atoms with Crippen LogP contribution in [0.4, 0.5) is 10.5 Å². The summed E-state index contributed by atoms with van der Waals surface area (Å²) in [6, 6.07) is 16.9. The number of hydrogen-bond acceptors (Lipinski definition) is 3. The SMILES string of the molecule is CCOc1ccc2c(c1)c(C#N)c(-c1ccc(NC(=O)NC3CCCC3)cc1)n2C1CCC1. The Kier molecular flexibility index (Phi) is 5.95. The van der Waals surface area contributed by atoms with Crippen LogP contribution in [0.2, 0.25) is 0 Å². The number of anilines is 1. The Hall–Kier alpha value is -3.46. The van der Waals surface area contributed by atoms with Crippen LogP contribution in [0.3, 0.4) is 0 Å². The first-order chi connectivity index (χ1) is 16.2. The molecule has 170 valence electrons. The summed E-state index contributed by atoms with van der Waals surface area (Å²) in [6.45, 7) is 2.55. The van der Waals surface area contributed by atoms with E-state index in [0.29, 0.717) is 18.2 Å². The third kappa shape index (κ3) is 4.16. The number of fused-ring (bicyclic) bond motifs is 1. The van der Waals surface area contributed by atoms with Gasteiger partial charge in [0, 0.05) is 23.2 Å². The van der Waals surface area contributed by atoms with Crippen LogP contribution in [0.15, 0.2) is 42.5 Å². The number of nitrogens with one attached hydrogen (secondary N) is 2. The number of amides is 2. The Balaban J connectivity index is 1.48. The highest BCUT2D eigenvalue weighted by molar-refractivity contribution is 5.96. The molecule has 0 bridgehead atoms. The van der Waals surface area contributed by atoms with Crippen LogP contribution in [0.5, 0.6) is 5.75 Å². The van der Waals surface area contributed by atoms with Gasteiger partial charge >= 0.3 is 6.03 Å². The Labute approximate surface area is 194 Å². The van der Waals surface area contributed by atoms with Crippen molar-refractivity contribution in [2.75, 3.05) is 11.9 Å². The molecule has 2 N–H and O–H groups in total. The number of aromatic nitrogens is 1. The molecule has 33 heavy (non-hydrogen) atoms. The van der Waals surface area contributed by atoms with Gasteiger partial charge in [-0.1, -0.05) is 25.0 Å². The molecule has 1 aromatic heterocycles. The highest BCUT2D eigenvalue weighted by Gasteiger charge is 2.28. The van der Waals surface area contributed by atoms with Gasteiger partial charge in [0.2, 0.25) is 0 Å². The minimum Gasteiger partial charge on any atom is -0.494 e. The van der Waals surface area contributed by atoms with Gasteiger partial charge in [0.15, 0.2) is 0 Å². The highest BCUT2D eigenvalue weighted by atomic mass is 16.5. The van der Waals surface area contributed by atoms with E-state index in [4.69, 9.17) is 4.74 Å². The second-order valence-electron chi connectivity index (χ2n) is 9.06. The molecule has 6 heteroatoms. The molecule has 2 amide bonds. The molecular formula is C27H30N4O2. The fourth-order valence-electron chi connectivity index (χ4n) is 5.11. The van der Waals surface area contributed by atoms with Crippen molar-refractivity contribution in [3.63, 3.8) is 0 Å².